The molecule has 0 N–H and O–H groups in total. The Morgan fingerprint density at radius 3 is 2.23 bits per heavy atom. The van der Waals surface area contributed by atoms with Crippen LogP contribution in [0.15, 0.2) is 91.1 Å². The van der Waals surface area contributed by atoms with E-state index in [9.17, 15) is 4.79 Å². The Labute approximate surface area is 151 Å². The lowest BCUT2D eigenvalue weighted by Gasteiger charge is -2.12. The van der Waals surface area contributed by atoms with Crippen LogP contribution in [0.1, 0.15) is 15.9 Å². The van der Waals surface area contributed by atoms with Crippen molar-refractivity contribution in [3.63, 3.8) is 0 Å². The summed E-state index contributed by atoms with van der Waals surface area (Å²) < 4.78 is 5.62. The van der Waals surface area contributed by atoms with Crippen LogP contribution in [0.5, 0.6) is 0 Å². The molecular weight excluding hydrogens is 322 g/mol. The number of para-hydroxylation sites is 1. The standard InChI is InChI=1S/C23H17NO2/c25-23(26-16-17-9-3-1-4-10-17)22-19-13-7-8-14-21(19)24-15-20(22)18-11-5-2-6-12-18/h1-15H,16H2. The highest BCUT2D eigenvalue weighted by Gasteiger charge is 2.19. The first-order valence-electron chi connectivity index (χ1n) is 8.47. The molecule has 0 saturated carbocycles. The molecular formula is C23H17NO2. The number of ether oxygens (including phenoxy) is 1. The average molecular weight is 339 g/mol. The van der Waals surface area contributed by atoms with Crippen molar-refractivity contribution in [3.05, 3.63) is 102 Å². The van der Waals surface area contributed by atoms with Crippen molar-refractivity contribution >= 4 is 16.9 Å². The highest BCUT2D eigenvalue weighted by molar-refractivity contribution is 6.09. The number of fused-ring (bicyclic) bond motifs is 1. The van der Waals surface area contributed by atoms with Gasteiger partial charge in [0, 0.05) is 17.1 Å². The summed E-state index contributed by atoms with van der Waals surface area (Å²) in [6.07, 6.45) is 1.75. The van der Waals surface area contributed by atoms with E-state index >= 15 is 0 Å². The van der Waals surface area contributed by atoms with Crippen LogP contribution in [0.3, 0.4) is 0 Å². The fourth-order valence-corrected chi connectivity index (χ4v) is 2.99. The maximum Gasteiger partial charge on any atom is 0.339 e. The van der Waals surface area contributed by atoms with Crippen molar-refractivity contribution in [3.8, 4) is 11.1 Å². The molecule has 3 aromatic carbocycles. The van der Waals surface area contributed by atoms with E-state index in [1.807, 2.05) is 84.9 Å². The van der Waals surface area contributed by atoms with Gasteiger partial charge in [0.1, 0.15) is 6.61 Å². The molecule has 1 heterocycles. The first kappa shape index (κ1) is 16.0. The van der Waals surface area contributed by atoms with E-state index in [-0.39, 0.29) is 12.6 Å². The van der Waals surface area contributed by atoms with E-state index < -0.39 is 0 Å². The highest BCUT2D eigenvalue weighted by atomic mass is 16.5. The van der Waals surface area contributed by atoms with Crippen LogP contribution in [0, 0.1) is 0 Å². The van der Waals surface area contributed by atoms with E-state index in [1.165, 1.54) is 0 Å². The molecule has 0 fully saturated rings. The van der Waals surface area contributed by atoms with Crippen LogP contribution < -0.4 is 0 Å². The topological polar surface area (TPSA) is 39.2 Å². The second kappa shape index (κ2) is 7.19. The van der Waals surface area contributed by atoms with Gasteiger partial charge in [-0.05, 0) is 17.2 Å². The number of hydrogen-bond acceptors (Lipinski definition) is 3. The maximum absolute atomic E-state index is 13.0. The third-order valence-electron chi connectivity index (χ3n) is 4.28. The van der Waals surface area contributed by atoms with Gasteiger partial charge in [-0.25, -0.2) is 4.79 Å². The minimum Gasteiger partial charge on any atom is -0.457 e. The van der Waals surface area contributed by atoms with Crippen LogP contribution >= 0.6 is 0 Å². The Bertz CT molecular complexity index is 1040. The molecule has 4 rings (SSSR count). The van der Waals surface area contributed by atoms with Gasteiger partial charge >= 0.3 is 5.97 Å². The fourth-order valence-electron chi connectivity index (χ4n) is 2.99. The largest absolute Gasteiger partial charge is 0.457 e. The number of hydrogen-bond donors (Lipinski definition) is 0. The summed E-state index contributed by atoms with van der Waals surface area (Å²) in [6.45, 7) is 0.241. The summed E-state index contributed by atoms with van der Waals surface area (Å²) >= 11 is 0. The molecule has 3 nitrogen and oxygen atoms in total. The van der Waals surface area contributed by atoms with Gasteiger partial charge in [-0.2, -0.15) is 0 Å². The smallest absolute Gasteiger partial charge is 0.339 e. The molecule has 0 amide bonds. The lowest BCUT2D eigenvalue weighted by molar-refractivity contribution is 0.0476. The van der Waals surface area contributed by atoms with Crippen LogP contribution in [-0.4, -0.2) is 11.0 Å². The predicted molar refractivity (Wildman–Crippen MR) is 103 cm³/mol. The number of carbonyl (C=O) groups is 1. The lowest BCUT2D eigenvalue weighted by Crippen LogP contribution is -2.08. The van der Waals surface area contributed by atoms with Crippen LogP contribution in [0.25, 0.3) is 22.0 Å². The number of pyridine rings is 1. The van der Waals surface area contributed by atoms with Crippen molar-refractivity contribution in [2.45, 2.75) is 6.61 Å². The molecule has 0 unspecified atom stereocenters. The lowest BCUT2D eigenvalue weighted by atomic mass is 9.98. The first-order chi connectivity index (χ1) is 12.8. The molecule has 0 aliphatic heterocycles. The van der Waals surface area contributed by atoms with Crippen molar-refractivity contribution in [2.24, 2.45) is 0 Å². The summed E-state index contributed by atoms with van der Waals surface area (Å²) in [5.74, 6) is -0.341. The second-order valence-corrected chi connectivity index (χ2v) is 5.99. The third kappa shape index (κ3) is 3.20. The zero-order valence-corrected chi connectivity index (χ0v) is 14.1. The summed E-state index contributed by atoms with van der Waals surface area (Å²) in [7, 11) is 0. The minimum absolute atomic E-state index is 0.241. The van der Waals surface area contributed by atoms with Crippen molar-refractivity contribution in [2.75, 3.05) is 0 Å². The zero-order valence-electron chi connectivity index (χ0n) is 14.1. The number of rotatable bonds is 4. The summed E-state index contributed by atoms with van der Waals surface area (Å²) in [6, 6.07) is 27.1. The van der Waals surface area contributed by atoms with Gasteiger partial charge in [-0.3, -0.25) is 4.98 Å². The fraction of sp³-hybridized carbons (Fsp3) is 0.0435. The molecule has 0 bridgehead atoms. The van der Waals surface area contributed by atoms with Gasteiger partial charge in [0.05, 0.1) is 11.1 Å². The SMILES string of the molecule is O=C(OCc1ccccc1)c1c(-c2ccccc2)cnc2ccccc12. The number of esters is 1. The van der Waals surface area contributed by atoms with E-state index in [0.717, 1.165) is 27.6 Å². The quantitative estimate of drug-likeness (QED) is 0.476. The van der Waals surface area contributed by atoms with Crippen molar-refractivity contribution in [1.82, 2.24) is 4.98 Å². The minimum atomic E-state index is -0.341. The molecule has 3 heteroatoms. The molecule has 126 valence electrons. The average Bonchev–Trinajstić information content (AvgIpc) is 2.72. The molecule has 26 heavy (non-hydrogen) atoms. The summed E-state index contributed by atoms with van der Waals surface area (Å²) in [4.78, 5) is 17.5. The van der Waals surface area contributed by atoms with Gasteiger partial charge in [0.15, 0.2) is 0 Å². The third-order valence-corrected chi connectivity index (χ3v) is 4.28. The maximum atomic E-state index is 13.0. The second-order valence-electron chi connectivity index (χ2n) is 5.99. The molecule has 0 saturated heterocycles. The Morgan fingerprint density at radius 1 is 0.808 bits per heavy atom. The number of nitrogens with zero attached hydrogens (tertiary/aromatic N) is 1. The molecule has 1 aromatic heterocycles. The molecule has 0 aliphatic rings. The van der Waals surface area contributed by atoms with Gasteiger partial charge in [0.2, 0.25) is 0 Å². The van der Waals surface area contributed by atoms with Gasteiger partial charge in [-0.15, -0.1) is 0 Å². The van der Waals surface area contributed by atoms with Crippen LogP contribution in [0.2, 0.25) is 0 Å². The van der Waals surface area contributed by atoms with Crippen LogP contribution in [-0.2, 0) is 11.3 Å². The summed E-state index contributed by atoms with van der Waals surface area (Å²) in [5, 5.41) is 0.798. The molecule has 0 atom stereocenters. The predicted octanol–water partition coefficient (Wildman–Crippen LogP) is 5.26. The Kier molecular flexibility index (Phi) is 4.44. The van der Waals surface area contributed by atoms with Gasteiger partial charge < -0.3 is 4.74 Å². The summed E-state index contributed by atoms with van der Waals surface area (Å²) in [5.41, 5.74) is 4.01. The van der Waals surface area contributed by atoms with E-state index in [2.05, 4.69) is 4.98 Å². The normalized spacial score (nSPS) is 10.6. The number of aromatic nitrogens is 1. The van der Waals surface area contributed by atoms with E-state index in [1.54, 1.807) is 6.20 Å². The van der Waals surface area contributed by atoms with Crippen molar-refractivity contribution < 1.29 is 9.53 Å². The Balaban J connectivity index is 1.77. The zero-order chi connectivity index (χ0) is 17.8. The monoisotopic (exact) mass is 339 g/mol. The van der Waals surface area contributed by atoms with Crippen LogP contribution in [0.4, 0.5) is 0 Å². The van der Waals surface area contributed by atoms with E-state index in [0.29, 0.717) is 5.56 Å². The molecule has 0 spiro atoms. The van der Waals surface area contributed by atoms with Gasteiger partial charge in [-0.1, -0.05) is 78.9 Å². The molecule has 0 aliphatic carbocycles. The van der Waals surface area contributed by atoms with Crippen molar-refractivity contribution in [1.29, 1.82) is 0 Å². The van der Waals surface area contributed by atoms with Gasteiger partial charge in [0.25, 0.3) is 0 Å². The van der Waals surface area contributed by atoms with E-state index in [4.69, 9.17) is 4.74 Å². The molecule has 4 aromatic rings. The molecule has 0 radical (unpaired) electrons. The first-order valence-corrected chi connectivity index (χ1v) is 8.47. The Morgan fingerprint density at radius 2 is 1.46 bits per heavy atom. The number of carbonyl (C=O) groups excluding carboxylic acids is 1. The Hall–Kier alpha value is -3.46. The number of benzene rings is 3. The highest BCUT2D eigenvalue weighted by Crippen LogP contribution is 2.29.